The first-order valence-electron chi connectivity index (χ1n) is 5.67. The summed E-state index contributed by atoms with van der Waals surface area (Å²) >= 11 is 1.41. The largest absolute Gasteiger partial charge is 0.508 e. The number of rotatable bonds is 3. The van der Waals surface area contributed by atoms with E-state index in [2.05, 4.69) is 10.1 Å². The number of hydrogen-bond acceptors (Lipinski definition) is 6. The van der Waals surface area contributed by atoms with Gasteiger partial charge in [0, 0.05) is 6.42 Å². The molecule has 3 rings (SSSR count). The van der Waals surface area contributed by atoms with E-state index >= 15 is 0 Å². The maximum atomic E-state index is 9.22. The fourth-order valence-electron chi connectivity index (χ4n) is 1.69. The van der Waals surface area contributed by atoms with Gasteiger partial charge in [-0.05, 0) is 29.8 Å². The third-order valence-electron chi connectivity index (χ3n) is 2.60. The van der Waals surface area contributed by atoms with E-state index in [1.165, 1.54) is 11.3 Å². The second-order valence-corrected chi connectivity index (χ2v) is 5.18. The molecule has 3 N–H and O–H groups in total. The van der Waals surface area contributed by atoms with Gasteiger partial charge < -0.3 is 15.4 Å². The van der Waals surface area contributed by atoms with Crippen LogP contribution in [0.15, 0.2) is 40.9 Å². The molecule has 0 spiro atoms. The molecule has 2 aromatic heterocycles. The molecule has 0 saturated heterocycles. The lowest BCUT2D eigenvalue weighted by Gasteiger charge is -1.96. The summed E-state index contributed by atoms with van der Waals surface area (Å²) in [6.07, 6.45) is 0.560. The Morgan fingerprint density at radius 1 is 1.16 bits per heavy atom. The Morgan fingerprint density at radius 2 is 1.95 bits per heavy atom. The summed E-state index contributed by atoms with van der Waals surface area (Å²) < 4.78 is 5.20. The molecule has 6 heteroatoms. The lowest BCUT2D eigenvalue weighted by molar-refractivity contribution is 0.424. The Labute approximate surface area is 113 Å². The molecule has 0 aliphatic heterocycles. The van der Waals surface area contributed by atoms with Gasteiger partial charge in [0.15, 0.2) is 5.82 Å². The van der Waals surface area contributed by atoms with E-state index in [4.69, 9.17) is 10.3 Å². The fourth-order valence-corrected chi connectivity index (χ4v) is 2.39. The second kappa shape index (κ2) is 4.74. The number of phenols is 1. The number of thiophene rings is 1. The van der Waals surface area contributed by atoms with Crippen molar-refractivity contribution in [2.75, 3.05) is 5.73 Å². The van der Waals surface area contributed by atoms with Crippen molar-refractivity contribution >= 4 is 16.3 Å². The Hall–Kier alpha value is -2.34. The Kier molecular flexibility index (Phi) is 2.92. The normalized spacial score (nSPS) is 10.7. The highest BCUT2D eigenvalue weighted by atomic mass is 32.1. The van der Waals surface area contributed by atoms with Crippen LogP contribution in [-0.2, 0) is 6.42 Å². The van der Waals surface area contributed by atoms with Crippen molar-refractivity contribution in [2.24, 2.45) is 0 Å². The lowest BCUT2D eigenvalue weighted by atomic mass is 10.1. The van der Waals surface area contributed by atoms with Crippen molar-refractivity contribution in [1.29, 1.82) is 0 Å². The monoisotopic (exact) mass is 273 g/mol. The summed E-state index contributed by atoms with van der Waals surface area (Å²) in [7, 11) is 0. The molecule has 0 bridgehead atoms. The van der Waals surface area contributed by atoms with E-state index in [-0.39, 0.29) is 5.75 Å². The predicted molar refractivity (Wildman–Crippen MR) is 72.9 cm³/mol. The van der Waals surface area contributed by atoms with Crippen LogP contribution in [0.4, 0.5) is 5.00 Å². The average Bonchev–Trinajstić information content (AvgIpc) is 3.01. The molecular formula is C13H11N3O2S. The topological polar surface area (TPSA) is 85.2 Å². The molecule has 0 aliphatic rings. The minimum Gasteiger partial charge on any atom is -0.508 e. The van der Waals surface area contributed by atoms with Crippen molar-refractivity contribution < 1.29 is 9.63 Å². The lowest BCUT2D eigenvalue weighted by Crippen LogP contribution is -1.90. The van der Waals surface area contributed by atoms with Gasteiger partial charge in [-0.1, -0.05) is 17.3 Å². The van der Waals surface area contributed by atoms with E-state index in [1.54, 1.807) is 12.1 Å². The molecular weight excluding hydrogens is 262 g/mol. The number of aromatic nitrogens is 2. The molecule has 0 radical (unpaired) electrons. The molecule has 19 heavy (non-hydrogen) atoms. The molecule has 0 aliphatic carbocycles. The third-order valence-corrected chi connectivity index (χ3v) is 3.51. The quantitative estimate of drug-likeness (QED) is 0.766. The number of phenolic OH excluding ortho intramolecular Hbond substituents is 1. The van der Waals surface area contributed by atoms with Gasteiger partial charge in [-0.25, -0.2) is 0 Å². The van der Waals surface area contributed by atoms with Gasteiger partial charge in [-0.2, -0.15) is 4.98 Å². The summed E-state index contributed by atoms with van der Waals surface area (Å²) in [5, 5.41) is 13.9. The van der Waals surface area contributed by atoms with E-state index in [0.717, 1.165) is 10.4 Å². The van der Waals surface area contributed by atoms with Crippen LogP contribution >= 0.6 is 11.3 Å². The maximum absolute atomic E-state index is 9.22. The minimum atomic E-state index is 0.242. The first-order valence-corrected chi connectivity index (χ1v) is 6.48. The third kappa shape index (κ3) is 2.58. The summed E-state index contributed by atoms with van der Waals surface area (Å²) in [6, 6.07) is 10.6. The number of benzene rings is 1. The van der Waals surface area contributed by atoms with Gasteiger partial charge in [0.2, 0.25) is 0 Å². The Morgan fingerprint density at radius 3 is 2.63 bits per heavy atom. The maximum Gasteiger partial charge on any atom is 0.268 e. The highest BCUT2D eigenvalue weighted by Crippen LogP contribution is 2.28. The van der Waals surface area contributed by atoms with E-state index in [1.807, 2.05) is 24.3 Å². The summed E-state index contributed by atoms with van der Waals surface area (Å²) in [5.74, 6) is 1.33. The van der Waals surface area contributed by atoms with Crippen LogP contribution in [0.25, 0.3) is 10.8 Å². The number of nitrogens with two attached hydrogens (primary N) is 1. The van der Waals surface area contributed by atoms with Crippen LogP contribution in [0.5, 0.6) is 5.75 Å². The van der Waals surface area contributed by atoms with Crippen molar-refractivity contribution in [3.63, 3.8) is 0 Å². The molecule has 2 heterocycles. The molecule has 0 fully saturated rings. The van der Waals surface area contributed by atoms with Crippen LogP contribution in [-0.4, -0.2) is 15.2 Å². The first kappa shape index (κ1) is 11.7. The van der Waals surface area contributed by atoms with Crippen molar-refractivity contribution in [3.8, 4) is 16.5 Å². The molecule has 0 amide bonds. The molecule has 1 aromatic carbocycles. The highest BCUT2D eigenvalue weighted by molar-refractivity contribution is 7.19. The molecule has 5 nitrogen and oxygen atoms in total. The predicted octanol–water partition coefficient (Wildman–Crippen LogP) is 2.68. The zero-order chi connectivity index (χ0) is 13.2. The Balaban J connectivity index is 1.80. The number of nitrogens with zero attached hydrogens (tertiary/aromatic N) is 2. The van der Waals surface area contributed by atoms with Crippen LogP contribution in [0.2, 0.25) is 0 Å². The summed E-state index contributed by atoms with van der Waals surface area (Å²) in [5.41, 5.74) is 6.68. The van der Waals surface area contributed by atoms with E-state index in [0.29, 0.717) is 23.1 Å². The summed E-state index contributed by atoms with van der Waals surface area (Å²) in [6.45, 7) is 0. The summed E-state index contributed by atoms with van der Waals surface area (Å²) in [4.78, 5) is 5.19. The number of hydrogen-bond donors (Lipinski definition) is 2. The molecule has 0 atom stereocenters. The van der Waals surface area contributed by atoms with Crippen LogP contribution in [0.1, 0.15) is 11.4 Å². The van der Waals surface area contributed by atoms with E-state index in [9.17, 15) is 5.11 Å². The van der Waals surface area contributed by atoms with Gasteiger partial charge in [-0.15, -0.1) is 11.3 Å². The van der Waals surface area contributed by atoms with E-state index < -0.39 is 0 Å². The smallest absolute Gasteiger partial charge is 0.268 e. The van der Waals surface area contributed by atoms with Crippen LogP contribution in [0.3, 0.4) is 0 Å². The average molecular weight is 273 g/mol. The minimum absolute atomic E-state index is 0.242. The van der Waals surface area contributed by atoms with Crippen molar-refractivity contribution in [2.45, 2.75) is 6.42 Å². The van der Waals surface area contributed by atoms with Crippen LogP contribution in [0, 0.1) is 0 Å². The second-order valence-electron chi connectivity index (χ2n) is 4.06. The molecule has 0 saturated carbocycles. The standard InChI is InChI=1S/C13H11N3O2S/c14-11-6-5-10(19-11)13-15-12(16-18-13)7-8-1-3-9(17)4-2-8/h1-6,17H,7,14H2. The highest BCUT2D eigenvalue weighted by Gasteiger charge is 2.11. The van der Waals surface area contributed by atoms with Gasteiger partial charge in [0.1, 0.15) is 5.75 Å². The number of nitrogen functional groups attached to an aromatic ring is 1. The van der Waals surface area contributed by atoms with Crippen molar-refractivity contribution in [3.05, 3.63) is 47.8 Å². The first-order chi connectivity index (χ1) is 9.20. The fraction of sp³-hybridized carbons (Fsp3) is 0.0769. The number of aromatic hydroxyl groups is 1. The van der Waals surface area contributed by atoms with Gasteiger partial charge in [0.05, 0.1) is 9.88 Å². The molecule has 3 aromatic rings. The molecule has 0 unspecified atom stereocenters. The zero-order valence-electron chi connectivity index (χ0n) is 9.91. The Bertz CT molecular complexity index is 688. The van der Waals surface area contributed by atoms with Crippen molar-refractivity contribution in [1.82, 2.24) is 10.1 Å². The van der Waals surface area contributed by atoms with Crippen LogP contribution < -0.4 is 5.73 Å². The SMILES string of the molecule is Nc1ccc(-c2nc(Cc3ccc(O)cc3)no2)s1. The zero-order valence-corrected chi connectivity index (χ0v) is 10.7. The van der Waals surface area contributed by atoms with Gasteiger partial charge in [-0.3, -0.25) is 0 Å². The molecule has 96 valence electrons. The van der Waals surface area contributed by atoms with Gasteiger partial charge >= 0.3 is 0 Å². The van der Waals surface area contributed by atoms with Gasteiger partial charge in [0.25, 0.3) is 5.89 Å². The number of anilines is 1.